The minimum Gasteiger partial charge on any atom is -0.493 e. The molecule has 0 bridgehead atoms. The van der Waals surface area contributed by atoms with E-state index in [9.17, 15) is 8.78 Å². The number of rotatable bonds is 11. The molecule has 0 spiro atoms. The first-order chi connectivity index (χ1) is 19.5. The summed E-state index contributed by atoms with van der Waals surface area (Å²) in [6, 6.07) is 19.8. The Morgan fingerprint density at radius 1 is 0.675 bits per heavy atom. The molecule has 3 aromatic carbocycles. The third kappa shape index (κ3) is 7.06. The predicted octanol–water partition coefficient (Wildman–Crippen LogP) is 9.83. The Morgan fingerprint density at radius 3 is 2.00 bits per heavy atom. The fourth-order valence-corrected chi connectivity index (χ4v) is 7.04. The molecule has 2 fully saturated rings. The van der Waals surface area contributed by atoms with Crippen LogP contribution in [0.5, 0.6) is 11.5 Å². The lowest BCUT2D eigenvalue weighted by molar-refractivity contribution is 0.0749. The van der Waals surface area contributed by atoms with E-state index in [0.29, 0.717) is 30.9 Å². The molecular formula is C36H44F2O2. The number of aryl methyl sites for hydroxylation is 2. The van der Waals surface area contributed by atoms with E-state index in [-0.39, 0.29) is 5.75 Å². The first-order valence-electron chi connectivity index (χ1n) is 15.5. The molecule has 4 unspecified atom stereocenters. The molecular weight excluding hydrogens is 502 g/mol. The quantitative estimate of drug-likeness (QED) is 0.238. The molecule has 2 aliphatic rings. The van der Waals surface area contributed by atoms with Crippen LogP contribution in [0.4, 0.5) is 8.78 Å². The largest absolute Gasteiger partial charge is 0.493 e. The summed E-state index contributed by atoms with van der Waals surface area (Å²) < 4.78 is 40.0. The van der Waals surface area contributed by atoms with Gasteiger partial charge in [0.15, 0.2) is 11.6 Å². The zero-order valence-corrected chi connectivity index (χ0v) is 24.1. The lowest BCUT2D eigenvalue weighted by atomic mass is 9.64. The van der Waals surface area contributed by atoms with E-state index >= 15 is 0 Å². The fraction of sp³-hybridized carbons (Fsp3) is 0.500. The van der Waals surface area contributed by atoms with Crippen LogP contribution < -0.4 is 9.47 Å². The van der Waals surface area contributed by atoms with Gasteiger partial charge in [-0.2, -0.15) is 4.39 Å². The highest BCUT2D eigenvalue weighted by Crippen LogP contribution is 2.45. The van der Waals surface area contributed by atoms with Crippen LogP contribution in [0.15, 0.2) is 60.7 Å². The maximum atomic E-state index is 14.4. The Hall–Kier alpha value is -2.88. The normalized spacial score (nSPS) is 22.5. The lowest BCUT2D eigenvalue weighted by Crippen LogP contribution is -2.32. The zero-order chi connectivity index (χ0) is 27.9. The minimum atomic E-state index is -0.903. The molecule has 40 heavy (non-hydrogen) atoms. The van der Waals surface area contributed by atoms with E-state index in [1.165, 1.54) is 57.4 Å². The first kappa shape index (κ1) is 28.6. The monoisotopic (exact) mass is 546 g/mol. The van der Waals surface area contributed by atoms with Crippen LogP contribution in [0, 0.1) is 35.3 Å². The molecule has 0 N–H and O–H groups in total. The summed E-state index contributed by atoms with van der Waals surface area (Å²) >= 11 is 0. The molecule has 2 saturated carbocycles. The molecule has 214 valence electrons. The number of hydrogen-bond donors (Lipinski definition) is 0. The lowest BCUT2D eigenvalue weighted by Gasteiger charge is -2.42. The predicted molar refractivity (Wildman–Crippen MR) is 159 cm³/mol. The number of benzene rings is 3. The van der Waals surface area contributed by atoms with Gasteiger partial charge in [0.05, 0.1) is 13.2 Å². The van der Waals surface area contributed by atoms with Crippen LogP contribution in [0.2, 0.25) is 0 Å². The maximum Gasteiger partial charge on any atom is 0.200 e. The van der Waals surface area contributed by atoms with Crippen molar-refractivity contribution in [1.29, 1.82) is 0 Å². The first-order valence-corrected chi connectivity index (χ1v) is 15.5. The van der Waals surface area contributed by atoms with Gasteiger partial charge in [-0.25, -0.2) is 4.39 Å². The van der Waals surface area contributed by atoms with Gasteiger partial charge < -0.3 is 9.47 Å². The van der Waals surface area contributed by atoms with Crippen LogP contribution in [-0.2, 0) is 12.8 Å². The molecule has 2 nitrogen and oxygen atoms in total. The second-order valence-electron chi connectivity index (χ2n) is 12.0. The van der Waals surface area contributed by atoms with E-state index in [4.69, 9.17) is 9.47 Å². The smallest absolute Gasteiger partial charge is 0.200 e. The molecule has 0 radical (unpaired) electrons. The van der Waals surface area contributed by atoms with Crippen molar-refractivity contribution in [1.82, 2.24) is 0 Å². The minimum absolute atomic E-state index is 0.0310. The SMILES string of the molecule is CCCC1CCC2CC(COc3ccc(-c4ccc(CCc5ccc(OCC)c(F)c5F)cc4)cc3)CCC2C1. The number of ether oxygens (including phenoxy) is 2. The van der Waals surface area contributed by atoms with Crippen molar-refractivity contribution in [2.45, 2.75) is 78.1 Å². The Balaban J connectivity index is 1.09. The molecule has 5 rings (SSSR count). The Morgan fingerprint density at radius 2 is 1.32 bits per heavy atom. The maximum absolute atomic E-state index is 14.4. The van der Waals surface area contributed by atoms with Crippen LogP contribution >= 0.6 is 0 Å². The molecule has 4 heteroatoms. The summed E-state index contributed by atoms with van der Waals surface area (Å²) in [6.07, 6.45) is 12.2. The van der Waals surface area contributed by atoms with Gasteiger partial charge in [0, 0.05) is 0 Å². The summed E-state index contributed by atoms with van der Waals surface area (Å²) in [4.78, 5) is 0. The summed E-state index contributed by atoms with van der Waals surface area (Å²) in [7, 11) is 0. The standard InChI is InChI=1S/C36H44F2O2/c1-3-5-26-9-14-32-23-27(10-15-31(32)22-26)24-40-33-19-16-29(17-20-33)28-11-6-25(7-12-28)8-13-30-18-21-34(39-4-2)36(38)35(30)37/h6-7,11-12,16-21,26-27,31-32H,3-5,8-10,13-15,22-24H2,1-2H3. The Kier molecular flexibility index (Phi) is 9.78. The van der Waals surface area contributed by atoms with Crippen molar-refractivity contribution in [3.8, 4) is 22.6 Å². The number of fused-ring (bicyclic) bond motifs is 1. The zero-order valence-electron chi connectivity index (χ0n) is 24.1. The topological polar surface area (TPSA) is 18.5 Å². The second kappa shape index (κ2) is 13.7. The van der Waals surface area contributed by atoms with Gasteiger partial charge in [-0.3, -0.25) is 0 Å². The van der Waals surface area contributed by atoms with Crippen LogP contribution in [-0.4, -0.2) is 13.2 Å². The van der Waals surface area contributed by atoms with E-state index in [2.05, 4.69) is 55.5 Å². The molecule has 2 aliphatic carbocycles. The van der Waals surface area contributed by atoms with Crippen LogP contribution in [0.3, 0.4) is 0 Å². The Labute approximate surface area is 239 Å². The van der Waals surface area contributed by atoms with Crippen molar-refractivity contribution >= 4 is 0 Å². The van der Waals surface area contributed by atoms with Gasteiger partial charge in [0.25, 0.3) is 0 Å². The van der Waals surface area contributed by atoms with Gasteiger partial charge in [-0.1, -0.05) is 68.7 Å². The summed E-state index contributed by atoms with van der Waals surface area (Å²) in [5.41, 5.74) is 3.73. The van der Waals surface area contributed by atoms with E-state index in [1.54, 1.807) is 13.0 Å². The van der Waals surface area contributed by atoms with Crippen molar-refractivity contribution < 1.29 is 18.3 Å². The average Bonchev–Trinajstić information content (AvgIpc) is 2.99. The van der Waals surface area contributed by atoms with Gasteiger partial charge in [0.1, 0.15) is 5.75 Å². The van der Waals surface area contributed by atoms with Crippen molar-refractivity contribution in [2.75, 3.05) is 13.2 Å². The molecule has 0 amide bonds. The summed E-state index contributed by atoms with van der Waals surface area (Å²) in [5, 5.41) is 0. The van der Waals surface area contributed by atoms with Crippen molar-refractivity contribution in [3.05, 3.63) is 83.4 Å². The highest BCUT2D eigenvalue weighted by Gasteiger charge is 2.35. The third-order valence-electron chi connectivity index (χ3n) is 9.26. The highest BCUT2D eigenvalue weighted by molar-refractivity contribution is 5.64. The van der Waals surface area contributed by atoms with E-state index in [1.807, 2.05) is 0 Å². The van der Waals surface area contributed by atoms with Crippen molar-refractivity contribution in [2.24, 2.45) is 23.7 Å². The molecule has 0 aliphatic heterocycles. The third-order valence-corrected chi connectivity index (χ3v) is 9.26. The van der Waals surface area contributed by atoms with Crippen LogP contribution in [0.25, 0.3) is 11.1 Å². The Bertz CT molecular complexity index is 1220. The van der Waals surface area contributed by atoms with E-state index < -0.39 is 11.6 Å². The molecule has 0 aromatic heterocycles. The summed E-state index contributed by atoms with van der Waals surface area (Å²) in [6.45, 7) is 5.21. The van der Waals surface area contributed by atoms with Crippen molar-refractivity contribution in [3.63, 3.8) is 0 Å². The van der Waals surface area contributed by atoms with E-state index in [0.717, 1.165) is 46.8 Å². The molecule has 3 aromatic rings. The highest BCUT2D eigenvalue weighted by atomic mass is 19.2. The molecule has 0 heterocycles. The number of halogens is 2. The average molecular weight is 547 g/mol. The van der Waals surface area contributed by atoms with Gasteiger partial charge in [-0.05, 0) is 116 Å². The fourth-order valence-electron chi connectivity index (χ4n) is 7.04. The summed E-state index contributed by atoms with van der Waals surface area (Å²) in [5.74, 6) is 2.74. The number of hydrogen-bond acceptors (Lipinski definition) is 2. The molecule has 0 saturated heterocycles. The van der Waals surface area contributed by atoms with Crippen LogP contribution in [0.1, 0.15) is 76.3 Å². The van der Waals surface area contributed by atoms with Gasteiger partial charge in [-0.15, -0.1) is 0 Å². The van der Waals surface area contributed by atoms with Gasteiger partial charge in [0.2, 0.25) is 5.82 Å². The van der Waals surface area contributed by atoms with Gasteiger partial charge >= 0.3 is 0 Å². The second-order valence-corrected chi connectivity index (χ2v) is 12.0. The molecule has 4 atom stereocenters.